The predicted octanol–water partition coefficient (Wildman–Crippen LogP) is 4.55. The van der Waals surface area contributed by atoms with E-state index in [4.69, 9.17) is 11.6 Å². The van der Waals surface area contributed by atoms with Gasteiger partial charge in [-0.05, 0) is 43.5 Å². The third-order valence-corrected chi connectivity index (χ3v) is 3.26. The van der Waals surface area contributed by atoms with Crippen LogP contribution in [0.4, 0.5) is 8.78 Å². The third-order valence-electron chi connectivity index (χ3n) is 1.48. The van der Waals surface area contributed by atoms with Gasteiger partial charge in [0, 0.05) is 5.88 Å². The molecule has 1 nitrogen and oxygen atoms in total. The molecule has 0 atom stereocenters. The van der Waals surface area contributed by atoms with Crippen molar-refractivity contribution >= 4 is 43.5 Å². The fourth-order valence-corrected chi connectivity index (χ4v) is 2.53. The smallest absolute Gasteiger partial charge is 0.387 e. The summed E-state index contributed by atoms with van der Waals surface area (Å²) >= 11 is 11.9. The van der Waals surface area contributed by atoms with Crippen LogP contribution in [-0.4, -0.2) is 6.61 Å². The quantitative estimate of drug-likeness (QED) is 0.727. The van der Waals surface area contributed by atoms with E-state index in [9.17, 15) is 8.78 Å². The molecule has 0 aliphatic heterocycles. The summed E-state index contributed by atoms with van der Waals surface area (Å²) < 4.78 is 29.3. The second-order valence-corrected chi connectivity index (χ2v) is 4.28. The van der Waals surface area contributed by atoms with Gasteiger partial charge in [0.15, 0.2) is 5.75 Å². The van der Waals surface area contributed by atoms with Gasteiger partial charge in [0.1, 0.15) is 0 Å². The van der Waals surface area contributed by atoms with Crippen LogP contribution in [0.1, 0.15) is 5.56 Å². The maximum Gasteiger partial charge on any atom is 0.387 e. The van der Waals surface area contributed by atoms with E-state index in [-0.39, 0.29) is 11.6 Å². The van der Waals surface area contributed by atoms with Crippen molar-refractivity contribution in [3.05, 3.63) is 26.6 Å². The van der Waals surface area contributed by atoms with Gasteiger partial charge >= 0.3 is 6.61 Å². The van der Waals surface area contributed by atoms with Crippen LogP contribution in [-0.2, 0) is 5.88 Å². The zero-order valence-corrected chi connectivity index (χ0v) is 10.7. The molecule has 0 aromatic heterocycles. The Bertz CT molecular complexity index is 333. The van der Waals surface area contributed by atoms with Gasteiger partial charge in [-0.15, -0.1) is 11.6 Å². The summed E-state index contributed by atoms with van der Waals surface area (Å²) in [4.78, 5) is 0. The van der Waals surface area contributed by atoms with Crippen molar-refractivity contribution in [3.8, 4) is 5.75 Å². The van der Waals surface area contributed by atoms with E-state index in [2.05, 4.69) is 36.6 Å². The molecule has 6 heteroatoms. The van der Waals surface area contributed by atoms with Crippen molar-refractivity contribution in [2.75, 3.05) is 0 Å². The van der Waals surface area contributed by atoms with E-state index in [1.807, 2.05) is 0 Å². The lowest BCUT2D eigenvalue weighted by Crippen LogP contribution is -2.04. The minimum atomic E-state index is -2.85. The van der Waals surface area contributed by atoms with E-state index in [1.54, 1.807) is 12.1 Å². The molecule has 0 saturated heterocycles. The summed E-state index contributed by atoms with van der Waals surface area (Å²) in [7, 11) is 0. The lowest BCUT2D eigenvalue weighted by Gasteiger charge is -2.11. The molecule has 0 heterocycles. The highest BCUT2D eigenvalue weighted by Gasteiger charge is 2.14. The molecule has 0 aliphatic carbocycles. The van der Waals surface area contributed by atoms with Crippen molar-refractivity contribution in [1.82, 2.24) is 0 Å². The molecular weight excluding hydrogens is 345 g/mol. The standard InChI is InChI=1S/C8H5Br2ClF2O/c9-5-2-1-4(3-11)6(10)7(5)14-8(12)13/h1-2,8H,3H2. The summed E-state index contributed by atoms with van der Waals surface area (Å²) in [6.45, 7) is -2.85. The van der Waals surface area contributed by atoms with Gasteiger partial charge in [-0.2, -0.15) is 8.78 Å². The Kier molecular flexibility index (Phi) is 4.60. The normalized spacial score (nSPS) is 10.7. The Morgan fingerprint density at radius 1 is 1.36 bits per heavy atom. The first-order valence-electron chi connectivity index (χ1n) is 3.54. The van der Waals surface area contributed by atoms with Gasteiger partial charge in [-0.25, -0.2) is 0 Å². The first kappa shape index (κ1) is 12.2. The molecule has 0 fully saturated rings. The highest BCUT2D eigenvalue weighted by atomic mass is 79.9. The number of ether oxygens (including phenoxy) is 1. The van der Waals surface area contributed by atoms with Crippen molar-refractivity contribution in [1.29, 1.82) is 0 Å². The average molecular weight is 350 g/mol. The monoisotopic (exact) mass is 348 g/mol. The summed E-state index contributed by atoms with van der Waals surface area (Å²) in [5, 5.41) is 0. The minimum Gasteiger partial charge on any atom is -0.432 e. The Labute approximate surface area is 102 Å². The van der Waals surface area contributed by atoms with Crippen molar-refractivity contribution < 1.29 is 13.5 Å². The SMILES string of the molecule is FC(F)Oc1c(Br)ccc(CCl)c1Br. The van der Waals surface area contributed by atoms with E-state index < -0.39 is 6.61 Å². The zero-order chi connectivity index (χ0) is 10.7. The van der Waals surface area contributed by atoms with E-state index in [0.717, 1.165) is 0 Å². The first-order valence-corrected chi connectivity index (χ1v) is 5.66. The third kappa shape index (κ3) is 2.81. The molecule has 0 aliphatic rings. The van der Waals surface area contributed by atoms with Crippen molar-refractivity contribution in [3.63, 3.8) is 0 Å². The Hall–Kier alpha value is 0.130. The average Bonchev–Trinajstić information content (AvgIpc) is 2.12. The van der Waals surface area contributed by atoms with Crippen LogP contribution < -0.4 is 4.74 Å². The molecule has 0 saturated carbocycles. The van der Waals surface area contributed by atoms with Crippen LogP contribution in [0.2, 0.25) is 0 Å². The second kappa shape index (κ2) is 5.28. The van der Waals surface area contributed by atoms with Crippen LogP contribution in [0.3, 0.4) is 0 Å². The molecular formula is C8H5Br2ClF2O. The van der Waals surface area contributed by atoms with Gasteiger partial charge in [0.25, 0.3) is 0 Å². The largest absolute Gasteiger partial charge is 0.432 e. The lowest BCUT2D eigenvalue weighted by molar-refractivity contribution is -0.0509. The van der Waals surface area contributed by atoms with E-state index in [0.29, 0.717) is 14.5 Å². The maximum atomic E-state index is 12.0. The first-order chi connectivity index (χ1) is 6.56. The number of halogens is 5. The zero-order valence-electron chi connectivity index (χ0n) is 6.74. The molecule has 78 valence electrons. The summed E-state index contributed by atoms with van der Waals surface area (Å²) in [6, 6.07) is 3.33. The lowest BCUT2D eigenvalue weighted by atomic mass is 10.2. The molecule has 1 aromatic rings. The number of hydrogen-bond acceptors (Lipinski definition) is 1. The highest BCUT2D eigenvalue weighted by Crippen LogP contribution is 2.37. The molecule has 1 aromatic carbocycles. The number of hydrogen-bond donors (Lipinski definition) is 0. The van der Waals surface area contributed by atoms with Gasteiger partial charge in [-0.1, -0.05) is 6.07 Å². The Morgan fingerprint density at radius 3 is 2.50 bits per heavy atom. The molecule has 0 bridgehead atoms. The van der Waals surface area contributed by atoms with Gasteiger partial charge in [-0.3, -0.25) is 0 Å². The molecule has 0 amide bonds. The Morgan fingerprint density at radius 2 is 2.00 bits per heavy atom. The number of rotatable bonds is 3. The molecule has 0 radical (unpaired) electrons. The number of benzene rings is 1. The molecule has 0 N–H and O–H groups in total. The van der Waals surface area contributed by atoms with Crippen molar-refractivity contribution in [2.24, 2.45) is 0 Å². The van der Waals surface area contributed by atoms with E-state index >= 15 is 0 Å². The van der Waals surface area contributed by atoms with Gasteiger partial charge in [0.2, 0.25) is 0 Å². The maximum absolute atomic E-state index is 12.0. The molecule has 0 unspecified atom stereocenters. The highest BCUT2D eigenvalue weighted by molar-refractivity contribution is 9.11. The number of alkyl halides is 3. The summed E-state index contributed by atoms with van der Waals surface area (Å²) in [6.07, 6.45) is 0. The van der Waals surface area contributed by atoms with Gasteiger partial charge in [0.05, 0.1) is 8.95 Å². The molecule has 1 rings (SSSR count). The van der Waals surface area contributed by atoms with Crippen LogP contribution >= 0.6 is 43.5 Å². The van der Waals surface area contributed by atoms with Crippen LogP contribution in [0.5, 0.6) is 5.75 Å². The predicted molar refractivity (Wildman–Crippen MR) is 58.0 cm³/mol. The topological polar surface area (TPSA) is 9.23 Å². The van der Waals surface area contributed by atoms with Crippen LogP contribution in [0.15, 0.2) is 21.1 Å². The summed E-state index contributed by atoms with van der Waals surface area (Å²) in [5.41, 5.74) is 0.700. The molecule has 0 spiro atoms. The Balaban J connectivity index is 3.11. The van der Waals surface area contributed by atoms with Crippen LogP contribution in [0, 0.1) is 0 Å². The van der Waals surface area contributed by atoms with Crippen LogP contribution in [0.25, 0.3) is 0 Å². The minimum absolute atomic E-state index is 0.0677. The van der Waals surface area contributed by atoms with Gasteiger partial charge < -0.3 is 4.74 Å². The fourth-order valence-electron chi connectivity index (χ4n) is 0.874. The fraction of sp³-hybridized carbons (Fsp3) is 0.250. The van der Waals surface area contributed by atoms with Crippen molar-refractivity contribution in [2.45, 2.75) is 12.5 Å². The summed E-state index contributed by atoms with van der Waals surface area (Å²) in [5.74, 6) is 0.297. The molecule has 14 heavy (non-hydrogen) atoms. The second-order valence-electron chi connectivity index (χ2n) is 2.36. The van der Waals surface area contributed by atoms with E-state index in [1.165, 1.54) is 0 Å².